The molecule has 0 radical (unpaired) electrons. The quantitative estimate of drug-likeness (QED) is 0.309. The molecule has 0 spiro atoms. The zero-order valence-corrected chi connectivity index (χ0v) is 27.0. The van der Waals surface area contributed by atoms with E-state index in [2.05, 4.69) is 16.3 Å². The first-order chi connectivity index (χ1) is 22.7. The first-order valence-electron chi connectivity index (χ1n) is 16.0. The Labute approximate surface area is 275 Å². The second kappa shape index (κ2) is 13.6. The summed E-state index contributed by atoms with van der Waals surface area (Å²) in [6.07, 6.45) is 0.0877. The van der Waals surface area contributed by atoms with Crippen LogP contribution in [0, 0.1) is 13.8 Å². The number of likely N-dealkylation sites (N-methyl/N-ethyl adjacent to an activating group) is 1. The van der Waals surface area contributed by atoms with Gasteiger partial charge in [-0.2, -0.15) is 0 Å². The number of para-hydroxylation sites is 2. The molecule has 1 N–H and O–H groups in total. The van der Waals surface area contributed by atoms with Gasteiger partial charge in [-0.1, -0.05) is 54.1 Å². The fourth-order valence-corrected chi connectivity index (χ4v) is 6.28. The van der Waals surface area contributed by atoms with Crippen LogP contribution in [0.4, 0.5) is 17.1 Å². The van der Waals surface area contributed by atoms with E-state index in [1.54, 1.807) is 46.2 Å². The van der Waals surface area contributed by atoms with Gasteiger partial charge >= 0.3 is 0 Å². The number of piperazine rings is 1. The van der Waals surface area contributed by atoms with Crippen LogP contribution >= 0.6 is 0 Å². The highest BCUT2D eigenvalue weighted by atomic mass is 16.2. The number of nitrogens with zero attached hydrogens (tertiary/aromatic N) is 4. The fraction of sp³-hybridized carbons (Fsp3) is 0.263. The Morgan fingerprint density at radius 3 is 2.15 bits per heavy atom. The molecular formula is C38H39N5O4. The molecule has 9 heteroatoms. The lowest BCUT2D eigenvalue weighted by Crippen LogP contribution is -2.50. The van der Waals surface area contributed by atoms with E-state index in [4.69, 9.17) is 0 Å². The normalized spacial score (nSPS) is 15.2. The zero-order valence-electron chi connectivity index (χ0n) is 27.0. The van der Waals surface area contributed by atoms with E-state index < -0.39 is 0 Å². The smallest absolute Gasteiger partial charge is 0.258 e. The number of carbonyl (C=O) groups is 4. The Morgan fingerprint density at radius 1 is 0.745 bits per heavy atom. The molecule has 4 aromatic rings. The minimum absolute atomic E-state index is 0.0669. The van der Waals surface area contributed by atoms with Gasteiger partial charge in [0.1, 0.15) is 6.54 Å². The largest absolute Gasteiger partial charge is 0.339 e. The van der Waals surface area contributed by atoms with Gasteiger partial charge in [-0.15, -0.1) is 0 Å². The van der Waals surface area contributed by atoms with Crippen molar-refractivity contribution in [3.05, 3.63) is 113 Å². The summed E-state index contributed by atoms with van der Waals surface area (Å²) in [7, 11) is 2.03. The van der Waals surface area contributed by atoms with Crippen molar-refractivity contribution in [1.29, 1.82) is 0 Å². The van der Waals surface area contributed by atoms with E-state index in [0.717, 1.165) is 35.3 Å². The lowest BCUT2D eigenvalue weighted by atomic mass is 9.94. The molecule has 0 saturated carbocycles. The molecule has 47 heavy (non-hydrogen) atoms. The Morgan fingerprint density at radius 2 is 1.43 bits per heavy atom. The van der Waals surface area contributed by atoms with Gasteiger partial charge in [-0.25, -0.2) is 0 Å². The van der Waals surface area contributed by atoms with Crippen molar-refractivity contribution in [3.8, 4) is 11.1 Å². The number of nitrogens with one attached hydrogen (secondary N) is 1. The third-order valence-electron chi connectivity index (χ3n) is 8.94. The highest BCUT2D eigenvalue weighted by molar-refractivity contribution is 6.13. The van der Waals surface area contributed by atoms with Crippen LogP contribution < -0.4 is 15.1 Å². The number of hydrogen-bond acceptors (Lipinski definition) is 5. The summed E-state index contributed by atoms with van der Waals surface area (Å²) in [6, 6.07) is 27.7. The third kappa shape index (κ3) is 6.80. The number of rotatable bonds is 6. The van der Waals surface area contributed by atoms with Crippen LogP contribution in [0.3, 0.4) is 0 Å². The van der Waals surface area contributed by atoms with Gasteiger partial charge in [0.25, 0.3) is 11.8 Å². The van der Waals surface area contributed by atoms with Crippen molar-refractivity contribution >= 4 is 40.7 Å². The molecule has 240 valence electrons. The topological polar surface area (TPSA) is 93.3 Å². The third-order valence-corrected chi connectivity index (χ3v) is 8.94. The maximum atomic E-state index is 13.9. The van der Waals surface area contributed by atoms with Crippen molar-refractivity contribution < 1.29 is 19.2 Å². The van der Waals surface area contributed by atoms with Crippen LogP contribution in [-0.4, -0.2) is 79.7 Å². The maximum absolute atomic E-state index is 13.9. The predicted molar refractivity (Wildman–Crippen MR) is 185 cm³/mol. The van der Waals surface area contributed by atoms with Gasteiger partial charge < -0.3 is 24.9 Å². The van der Waals surface area contributed by atoms with E-state index in [0.29, 0.717) is 41.3 Å². The molecule has 0 aromatic heterocycles. The van der Waals surface area contributed by atoms with Gasteiger partial charge in [-0.05, 0) is 80.1 Å². The van der Waals surface area contributed by atoms with Crippen molar-refractivity contribution in [1.82, 2.24) is 9.80 Å². The predicted octanol–water partition coefficient (Wildman–Crippen LogP) is 5.38. The van der Waals surface area contributed by atoms with E-state index in [-0.39, 0.29) is 43.1 Å². The molecule has 2 heterocycles. The number of carbonyl (C=O) groups excluding carboxylic acids is 4. The summed E-state index contributed by atoms with van der Waals surface area (Å²) in [4.78, 5) is 60.9. The lowest BCUT2D eigenvalue weighted by molar-refractivity contribution is -0.132. The van der Waals surface area contributed by atoms with Crippen LogP contribution in [0.1, 0.15) is 38.3 Å². The average molecular weight is 630 g/mol. The van der Waals surface area contributed by atoms with Crippen molar-refractivity contribution in [2.45, 2.75) is 20.3 Å². The molecule has 1 fully saturated rings. The molecule has 2 aliphatic heterocycles. The number of amides is 4. The Hall–Kier alpha value is -5.28. The van der Waals surface area contributed by atoms with Gasteiger partial charge in [0.05, 0.1) is 11.4 Å². The number of aryl methyl sites for hydroxylation is 2. The van der Waals surface area contributed by atoms with Gasteiger partial charge in [0.15, 0.2) is 0 Å². The first-order valence-corrected chi connectivity index (χ1v) is 16.0. The van der Waals surface area contributed by atoms with Crippen LogP contribution in [0.5, 0.6) is 0 Å². The molecule has 4 aromatic carbocycles. The second-order valence-electron chi connectivity index (χ2n) is 12.3. The van der Waals surface area contributed by atoms with E-state index in [1.807, 2.05) is 69.4 Å². The van der Waals surface area contributed by atoms with Crippen molar-refractivity contribution in [3.63, 3.8) is 0 Å². The SMILES string of the molecule is Cc1ccc(-c2ccccc2C(=O)Nc2ccc(C(=O)N3CCC(=O)N(CC(=O)N4CCN(C)CC4)c4ccccc43)cc2)c(C)c1. The number of benzene rings is 4. The summed E-state index contributed by atoms with van der Waals surface area (Å²) >= 11 is 0. The molecule has 6 rings (SSSR count). The number of fused-ring (bicyclic) bond motifs is 1. The standard InChI is InChI=1S/C38H39N5O4/c1-26-12-17-30(27(2)24-26)31-8-4-5-9-32(31)37(46)39-29-15-13-28(14-16-29)38(47)42-19-18-35(44)43(34-11-7-6-10-33(34)42)25-36(45)41-22-20-40(3)21-23-41/h4-17,24H,18-23,25H2,1-3H3,(H,39,46). The highest BCUT2D eigenvalue weighted by Crippen LogP contribution is 2.34. The van der Waals surface area contributed by atoms with Crippen LogP contribution in [0.2, 0.25) is 0 Å². The summed E-state index contributed by atoms with van der Waals surface area (Å²) in [5.41, 5.74) is 6.75. The van der Waals surface area contributed by atoms with Gasteiger partial charge in [0.2, 0.25) is 11.8 Å². The molecule has 2 aliphatic rings. The Kier molecular flexibility index (Phi) is 9.17. The molecule has 4 amide bonds. The van der Waals surface area contributed by atoms with E-state index in [9.17, 15) is 19.2 Å². The molecule has 0 aliphatic carbocycles. The van der Waals surface area contributed by atoms with E-state index in [1.165, 1.54) is 4.90 Å². The monoisotopic (exact) mass is 629 g/mol. The minimum Gasteiger partial charge on any atom is -0.339 e. The lowest BCUT2D eigenvalue weighted by Gasteiger charge is -2.34. The van der Waals surface area contributed by atoms with E-state index >= 15 is 0 Å². The van der Waals surface area contributed by atoms with Crippen LogP contribution in [-0.2, 0) is 9.59 Å². The van der Waals surface area contributed by atoms with Crippen molar-refractivity contribution in [2.75, 3.05) is 61.4 Å². The Balaban J connectivity index is 1.18. The molecule has 0 atom stereocenters. The summed E-state index contributed by atoms with van der Waals surface area (Å²) < 4.78 is 0. The van der Waals surface area contributed by atoms with Gasteiger partial charge in [-0.3, -0.25) is 19.2 Å². The molecule has 9 nitrogen and oxygen atoms in total. The zero-order chi connectivity index (χ0) is 33.1. The summed E-state index contributed by atoms with van der Waals surface area (Å²) in [6.45, 7) is 7.03. The molecular weight excluding hydrogens is 590 g/mol. The second-order valence-corrected chi connectivity index (χ2v) is 12.3. The molecule has 0 unspecified atom stereocenters. The minimum atomic E-state index is -0.268. The summed E-state index contributed by atoms with van der Waals surface area (Å²) in [5, 5.41) is 2.98. The van der Waals surface area contributed by atoms with Crippen LogP contribution in [0.25, 0.3) is 11.1 Å². The number of hydrogen-bond donors (Lipinski definition) is 1. The number of anilines is 3. The Bertz CT molecular complexity index is 1830. The fourth-order valence-electron chi connectivity index (χ4n) is 6.28. The average Bonchev–Trinajstić information content (AvgIpc) is 3.21. The van der Waals surface area contributed by atoms with Crippen LogP contribution in [0.15, 0.2) is 91.0 Å². The molecule has 1 saturated heterocycles. The highest BCUT2D eigenvalue weighted by Gasteiger charge is 2.32. The molecule has 0 bridgehead atoms. The van der Waals surface area contributed by atoms with Gasteiger partial charge in [0, 0.05) is 56.0 Å². The summed E-state index contributed by atoms with van der Waals surface area (Å²) in [5.74, 6) is -0.814. The maximum Gasteiger partial charge on any atom is 0.258 e. The first kappa shape index (κ1) is 31.7. The van der Waals surface area contributed by atoms with Crippen molar-refractivity contribution in [2.24, 2.45) is 0 Å².